The quantitative estimate of drug-likeness (QED) is 0.172. The Hall–Kier alpha value is -6.26. The number of thiophene rings is 2. The number of hydrogen-bond donors (Lipinski definition) is 0. The molecule has 248 valence electrons. The van der Waals surface area contributed by atoms with Crippen LogP contribution in [0.4, 0.5) is 17.1 Å². The van der Waals surface area contributed by atoms with Gasteiger partial charge in [-0.15, -0.1) is 22.7 Å². The maximum absolute atomic E-state index is 2.39. The van der Waals surface area contributed by atoms with E-state index in [0.717, 1.165) is 17.1 Å². The number of nitrogens with zero attached hydrogens (tertiary/aromatic N) is 1. The first-order valence-corrected chi connectivity index (χ1v) is 19.6. The molecule has 2 aromatic heterocycles. The summed E-state index contributed by atoms with van der Waals surface area (Å²) < 4.78 is 5.29. The lowest BCUT2D eigenvalue weighted by Gasteiger charge is -2.26. The summed E-state index contributed by atoms with van der Waals surface area (Å²) in [6.07, 6.45) is 0. The van der Waals surface area contributed by atoms with Crippen LogP contribution in [-0.2, 0) is 0 Å². The monoisotopic (exact) mass is 709 g/mol. The van der Waals surface area contributed by atoms with E-state index in [0.29, 0.717) is 0 Å². The molecular weight excluding hydrogens is 679 g/mol. The molecule has 0 radical (unpaired) electrons. The molecule has 9 aromatic carbocycles. The summed E-state index contributed by atoms with van der Waals surface area (Å²) >= 11 is 3.74. The van der Waals surface area contributed by atoms with Crippen molar-refractivity contribution in [3.63, 3.8) is 0 Å². The molecule has 0 aliphatic heterocycles. The lowest BCUT2D eigenvalue weighted by molar-refractivity contribution is 1.29. The largest absolute Gasteiger partial charge is 0.310 e. The molecule has 0 unspecified atom stereocenters. The van der Waals surface area contributed by atoms with Gasteiger partial charge < -0.3 is 4.90 Å². The molecule has 0 atom stereocenters. The molecule has 2 heterocycles. The number of hydrogen-bond acceptors (Lipinski definition) is 3. The number of benzene rings is 9. The Kier molecular flexibility index (Phi) is 6.97. The van der Waals surface area contributed by atoms with E-state index in [4.69, 9.17) is 0 Å². The maximum atomic E-state index is 2.39. The smallest absolute Gasteiger partial charge is 0.0476 e. The van der Waals surface area contributed by atoms with Crippen LogP contribution in [0.25, 0.3) is 84.1 Å². The predicted octanol–water partition coefficient (Wildman–Crippen LogP) is 15.5. The SMILES string of the molecule is c1ccc2c(-c3ccc(N(c4ccc(-c5ccc6c(ccc7sc8ccccc8c76)c5)cc4)c4ccc5c(c4)sc4ccccc45)cc3)cccc2c1. The van der Waals surface area contributed by atoms with E-state index in [1.54, 1.807) is 0 Å². The molecule has 53 heavy (non-hydrogen) atoms. The zero-order valence-electron chi connectivity index (χ0n) is 28.7. The summed E-state index contributed by atoms with van der Waals surface area (Å²) in [6.45, 7) is 0. The van der Waals surface area contributed by atoms with Crippen molar-refractivity contribution >= 4 is 102 Å². The molecule has 11 rings (SSSR count). The third kappa shape index (κ3) is 5.04. The van der Waals surface area contributed by atoms with Gasteiger partial charge in [-0.25, -0.2) is 0 Å². The predicted molar refractivity (Wildman–Crippen MR) is 233 cm³/mol. The minimum absolute atomic E-state index is 1.12. The lowest BCUT2D eigenvalue weighted by Crippen LogP contribution is -2.09. The first-order valence-electron chi connectivity index (χ1n) is 18.0. The highest BCUT2D eigenvalue weighted by Crippen LogP contribution is 2.43. The van der Waals surface area contributed by atoms with Gasteiger partial charge in [0.15, 0.2) is 0 Å². The number of anilines is 3. The average Bonchev–Trinajstić information content (AvgIpc) is 3.79. The van der Waals surface area contributed by atoms with Gasteiger partial charge in [-0.3, -0.25) is 0 Å². The van der Waals surface area contributed by atoms with Crippen molar-refractivity contribution in [3.8, 4) is 22.3 Å². The van der Waals surface area contributed by atoms with E-state index in [1.807, 2.05) is 22.7 Å². The van der Waals surface area contributed by atoms with Crippen LogP contribution in [0.2, 0.25) is 0 Å². The molecule has 0 amide bonds. The van der Waals surface area contributed by atoms with Crippen molar-refractivity contribution in [2.45, 2.75) is 0 Å². The molecule has 0 saturated heterocycles. The van der Waals surface area contributed by atoms with Crippen LogP contribution in [0.15, 0.2) is 188 Å². The van der Waals surface area contributed by atoms with E-state index in [1.165, 1.54) is 84.1 Å². The third-order valence-electron chi connectivity index (χ3n) is 10.7. The van der Waals surface area contributed by atoms with Crippen molar-refractivity contribution in [3.05, 3.63) is 188 Å². The maximum Gasteiger partial charge on any atom is 0.0476 e. The Labute approximate surface area is 315 Å². The molecule has 3 heteroatoms. The molecule has 0 spiro atoms. The van der Waals surface area contributed by atoms with Crippen molar-refractivity contribution < 1.29 is 0 Å². The summed E-state index contributed by atoms with van der Waals surface area (Å²) in [5.41, 5.74) is 8.29. The number of fused-ring (bicyclic) bond motifs is 9. The van der Waals surface area contributed by atoms with Gasteiger partial charge in [-0.1, -0.05) is 127 Å². The second kappa shape index (κ2) is 12.2. The van der Waals surface area contributed by atoms with Crippen molar-refractivity contribution in [1.29, 1.82) is 0 Å². The Morgan fingerprint density at radius 1 is 0.302 bits per heavy atom. The van der Waals surface area contributed by atoms with Gasteiger partial charge in [0.1, 0.15) is 0 Å². The van der Waals surface area contributed by atoms with Crippen LogP contribution in [-0.4, -0.2) is 0 Å². The molecule has 0 bridgehead atoms. The topological polar surface area (TPSA) is 3.24 Å². The molecule has 0 N–H and O–H groups in total. The minimum Gasteiger partial charge on any atom is -0.310 e. The Balaban J connectivity index is 1.00. The fourth-order valence-corrected chi connectivity index (χ4v) is 10.4. The minimum atomic E-state index is 1.12. The van der Waals surface area contributed by atoms with Crippen LogP contribution in [0.1, 0.15) is 0 Å². The Morgan fingerprint density at radius 3 is 1.70 bits per heavy atom. The normalized spacial score (nSPS) is 11.8. The summed E-state index contributed by atoms with van der Waals surface area (Å²) in [5, 5.41) is 10.4. The molecule has 1 nitrogen and oxygen atoms in total. The van der Waals surface area contributed by atoms with E-state index in [9.17, 15) is 0 Å². The van der Waals surface area contributed by atoms with Gasteiger partial charge in [0.05, 0.1) is 0 Å². The molecular formula is C50H31NS2. The third-order valence-corrected chi connectivity index (χ3v) is 12.9. The second-order valence-corrected chi connectivity index (χ2v) is 15.9. The van der Waals surface area contributed by atoms with Crippen molar-refractivity contribution in [2.75, 3.05) is 4.90 Å². The molecule has 0 fully saturated rings. The summed E-state index contributed by atoms with van der Waals surface area (Å²) in [6, 6.07) is 69.2. The van der Waals surface area contributed by atoms with Crippen molar-refractivity contribution in [2.24, 2.45) is 0 Å². The van der Waals surface area contributed by atoms with Crippen LogP contribution in [0.3, 0.4) is 0 Å². The highest BCUT2D eigenvalue weighted by Gasteiger charge is 2.16. The lowest BCUT2D eigenvalue weighted by atomic mass is 9.97. The Bertz CT molecular complexity index is 3160. The molecule has 0 saturated carbocycles. The van der Waals surface area contributed by atoms with Crippen LogP contribution >= 0.6 is 22.7 Å². The fraction of sp³-hybridized carbons (Fsp3) is 0. The molecule has 11 aromatic rings. The zero-order chi connectivity index (χ0) is 34.9. The zero-order valence-corrected chi connectivity index (χ0v) is 30.3. The average molecular weight is 710 g/mol. The first-order chi connectivity index (χ1) is 26.2. The van der Waals surface area contributed by atoms with Gasteiger partial charge in [0.25, 0.3) is 0 Å². The summed E-state index contributed by atoms with van der Waals surface area (Å²) in [7, 11) is 0. The van der Waals surface area contributed by atoms with Gasteiger partial charge in [0, 0.05) is 57.4 Å². The van der Waals surface area contributed by atoms with Crippen molar-refractivity contribution in [1.82, 2.24) is 0 Å². The highest BCUT2D eigenvalue weighted by molar-refractivity contribution is 7.26. The van der Waals surface area contributed by atoms with E-state index >= 15 is 0 Å². The highest BCUT2D eigenvalue weighted by atomic mass is 32.1. The molecule has 0 aliphatic carbocycles. The van der Waals surface area contributed by atoms with Gasteiger partial charge in [-0.05, 0) is 104 Å². The van der Waals surface area contributed by atoms with Crippen LogP contribution in [0.5, 0.6) is 0 Å². The second-order valence-electron chi connectivity index (χ2n) is 13.7. The number of rotatable bonds is 5. The van der Waals surface area contributed by atoms with Gasteiger partial charge >= 0.3 is 0 Å². The first kappa shape index (κ1) is 30.4. The van der Waals surface area contributed by atoms with E-state index < -0.39 is 0 Å². The van der Waals surface area contributed by atoms with Gasteiger partial charge in [-0.2, -0.15) is 0 Å². The Morgan fingerprint density at radius 2 is 0.887 bits per heavy atom. The van der Waals surface area contributed by atoms with E-state index in [2.05, 4.69) is 193 Å². The van der Waals surface area contributed by atoms with E-state index in [-0.39, 0.29) is 0 Å². The van der Waals surface area contributed by atoms with Crippen LogP contribution in [0, 0.1) is 0 Å². The van der Waals surface area contributed by atoms with Crippen LogP contribution < -0.4 is 4.90 Å². The molecule has 0 aliphatic rings. The fourth-order valence-electron chi connectivity index (χ4n) is 8.10. The summed E-state index contributed by atoms with van der Waals surface area (Å²) in [5.74, 6) is 0. The van der Waals surface area contributed by atoms with Gasteiger partial charge in [0.2, 0.25) is 0 Å². The standard InChI is InChI=1S/C50H31NS2/c1-2-10-40-33(8-1)9-7-13-41(40)34-18-24-38(25-19-34)51(39-26-28-44-43-11-3-5-14-46(43)53-49(44)31-39)37-22-16-32(17-23-37)35-20-27-42-36(30-35)21-29-48-50(42)45-12-4-6-15-47(45)52-48/h1-31H. The summed E-state index contributed by atoms with van der Waals surface area (Å²) in [4.78, 5) is 2.39.